The second-order valence-electron chi connectivity index (χ2n) is 5.79. The summed E-state index contributed by atoms with van der Waals surface area (Å²) in [6.07, 6.45) is 0. The molecule has 0 fully saturated rings. The van der Waals surface area contributed by atoms with Crippen molar-refractivity contribution in [1.29, 1.82) is 0 Å². The number of para-hydroxylation sites is 1. The van der Waals surface area contributed by atoms with Crippen molar-refractivity contribution in [2.24, 2.45) is 5.73 Å². The molecule has 1 unspecified atom stereocenters. The highest BCUT2D eigenvalue weighted by Crippen LogP contribution is 2.26. The number of sulfonamides is 1. The van der Waals surface area contributed by atoms with Gasteiger partial charge in [-0.15, -0.1) is 0 Å². The molecule has 0 aliphatic heterocycles. The number of rotatable bonds is 6. The van der Waals surface area contributed by atoms with E-state index in [-0.39, 0.29) is 21.3 Å². The van der Waals surface area contributed by atoms with Crippen LogP contribution in [-0.2, 0) is 14.8 Å². The Bertz CT molecular complexity index is 979. The second-order valence-corrected chi connectivity index (χ2v) is 7.84. The van der Waals surface area contributed by atoms with Gasteiger partial charge >= 0.3 is 6.03 Å². The molecule has 3 amide bonds. The number of primary amides is 1. The summed E-state index contributed by atoms with van der Waals surface area (Å²) in [6.45, 7) is 3.08. The monoisotopic (exact) mass is 410 g/mol. The lowest BCUT2D eigenvalue weighted by molar-refractivity contribution is -0.117. The Labute approximate surface area is 162 Å². The van der Waals surface area contributed by atoms with E-state index in [1.807, 2.05) is 0 Å². The topological polar surface area (TPSA) is 130 Å². The number of carbonyl (C=O) groups excluding carboxylic acids is 2. The number of hydrogen-bond acceptors (Lipinski definition) is 4. The molecule has 0 saturated heterocycles. The van der Waals surface area contributed by atoms with Crippen molar-refractivity contribution < 1.29 is 18.0 Å². The Morgan fingerprint density at radius 3 is 2.44 bits per heavy atom. The van der Waals surface area contributed by atoms with Crippen LogP contribution >= 0.6 is 11.6 Å². The quantitative estimate of drug-likeness (QED) is 0.582. The average molecular weight is 411 g/mol. The van der Waals surface area contributed by atoms with Gasteiger partial charge in [0, 0.05) is 5.69 Å². The molecule has 27 heavy (non-hydrogen) atoms. The van der Waals surface area contributed by atoms with Crippen molar-refractivity contribution in [2.45, 2.75) is 24.8 Å². The second kappa shape index (κ2) is 8.28. The summed E-state index contributed by atoms with van der Waals surface area (Å²) in [5.41, 5.74) is 5.96. The minimum absolute atomic E-state index is 0.0178. The maximum atomic E-state index is 12.7. The van der Waals surface area contributed by atoms with Crippen LogP contribution in [0, 0.1) is 6.92 Å². The van der Waals surface area contributed by atoms with Crippen molar-refractivity contribution >= 4 is 44.9 Å². The van der Waals surface area contributed by atoms with Gasteiger partial charge in [-0.2, -0.15) is 0 Å². The third kappa shape index (κ3) is 5.35. The number of aryl methyl sites for hydroxylation is 1. The SMILES string of the molecule is Cc1ccc(NC(=O)C(C)NC(N)=O)cc1S(=O)(=O)Nc1ccccc1Cl. The first-order valence-corrected chi connectivity index (χ1v) is 9.71. The van der Waals surface area contributed by atoms with Crippen LogP contribution in [0.15, 0.2) is 47.4 Å². The smallest absolute Gasteiger partial charge is 0.312 e. The molecule has 0 radical (unpaired) electrons. The molecule has 0 aromatic heterocycles. The van der Waals surface area contributed by atoms with E-state index in [1.165, 1.54) is 19.1 Å². The molecule has 0 spiro atoms. The van der Waals surface area contributed by atoms with Crippen molar-refractivity contribution in [3.05, 3.63) is 53.1 Å². The third-order valence-corrected chi connectivity index (χ3v) is 5.45. The summed E-state index contributed by atoms with van der Waals surface area (Å²) in [4.78, 5) is 22.9. The highest BCUT2D eigenvalue weighted by molar-refractivity contribution is 7.92. The number of halogens is 1. The number of carbonyl (C=O) groups is 2. The Hall–Kier alpha value is -2.78. The van der Waals surface area contributed by atoms with Gasteiger partial charge in [0.1, 0.15) is 6.04 Å². The fourth-order valence-corrected chi connectivity index (χ4v) is 3.83. The first-order valence-electron chi connectivity index (χ1n) is 7.85. The van der Waals surface area contributed by atoms with Crippen LogP contribution in [0.1, 0.15) is 12.5 Å². The van der Waals surface area contributed by atoms with Gasteiger partial charge in [-0.1, -0.05) is 29.8 Å². The zero-order valence-corrected chi connectivity index (χ0v) is 16.2. The lowest BCUT2D eigenvalue weighted by Crippen LogP contribution is -2.44. The summed E-state index contributed by atoms with van der Waals surface area (Å²) < 4.78 is 27.9. The summed E-state index contributed by atoms with van der Waals surface area (Å²) in [5, 5.41) is 5.03. The fourth-order valence-electron chi connectivity index (χ4n) is 2.24. The van der Waals surface area contributed by atoms with E-state index in [4.69, 9.17) is 17.3 Å². The normalized spacial score (nSPS) is 12.1. The van der Waals surface area contributed by atoms with Crippen LogP contribution in [0.4, 0.5) is 16.2 Å². The molecule has 2 rings (SSSR count). The van der Waals surface area contributed by atoms with Crippen molar-refractivity contribution in [2.75, 3.05) is 10.0 Å². The van der Waals surface area contributed by atoms with Gasteiger partial charge in [0.05, 0.1) is 15.6 Å². The molecule has 144 valence electrons. The van der Waals surface area contributed by atoms with E-state index in [2.05, 4.69) is 15.4 Å². The molecule has 2 aromatic rings. The molecule has 8 nitrogen and oxygen atoms in total. The van der Waals surface area contributed by atoms with Gasteiger partial charge in [-0.3, -0.25) is 9.52 Å². The molecule has 10 heteroatoms. The molecular weight excluding hydrogens is 392 g/mol. The van der Waals surface area contributed by atoms with E-state index in [0.29, 0.717) is 5.56 Å². The lowest BCUT2D eigenvalue weighted by atomic mass is 10.2. The van der Waals surface area contributed by atoms with Crippen molar-refractivity contribution in [3.63, 3.8) is 0 Å². The van der Waals surface area contributed by atoms with Crippen LogP contribution in [0.25, 0.3) is 0 Å². The predicted octanol–water partition coefficient (Wildman–Crippen LogP) is 2.44. The molecular formula is C17H19ClN4O4S. The molecule has 1 atom stereocenters. The molecule has 5 N–H and O–H groups in total. The minimum Gasteiger partial charge on any atom is -0.352 e. The van der Waals surface area contributed by atoms with Gasteiger partial charge in [-0.25, -0.2) is 13.2 Å². The van der Waals surface area contributed by atoms with Crippen LogP contribution in [0.3, 0.4) is 0 Å². The molecule has 0 saturated carbocycles. The maximum Gasteiger partial charge on any atom is 0.312 e. The first kappa shape index (κ1) is 20.5. The zero-order chi connectivity index (χ0) is 20.2. The van der Waals surface area contributed by atoms with E-state index in [9.17, 15) is 18.0 Å². The van der Waals surface area contributed by atoms with E-state index in [1.54, 1.807) is 37.3 Å². The van der Waals surface area contributed by atoms with Gasteiger partial charge in [0.15, 0.2) is 0 Å². The third-order valence-electron chi connectivity index (χ3n) is 3.62. The minimum atomic E-state index is -3.94. The molecule has 0 aliphatic carbocycles. The van der Waals surface area contributed by atoms with Crippen LogP contribution in [0.2, 0.25) is 5.02 Å². The fraction of sp³-hybridized carbons (Fsp3) is 0.176. The Morgan fingerprint density at radius 2 is 1.81 bits per heavy atom. The zero-order valence-electron chi connectivity index (χ0n) is 14.6. The maximum absolute atomic E-state index is 12.7. The van der Waals surface area contributed by atoms with Gasteiger partial charge < -0.3 is 16.4 Å². The van der Waals surface area contributed by atoms with Crippen LogP contribution < -0.4 is 21.1 Å². The van der Waals surface area contributed by atoms with Gasteiger partial charge in [0.25, 0.3) is 10.0 Å². The van der Waals surface area contributed by atoms with E-state index < -0.39 is 28.0 Å². The predicted molar refractivity (Wildman–Crippen MR) is 104 cm³/mol. The number of nitrogens with one attached hydrogen (secondary N) is 3. The standard InChI is InChI=1S/C17H19ClN4O4S/c1-10-7-8-12(21-16(23)11(2)20-17(19)24)9-15(10)27(25,26)22-14-6-4-3-5-13(14)18/h3-9,11,22H,1-2H3,(H,21,23)(H3,19,20,24). The number of nitrogens with two attached hydrogens (primary N) is 1. The number of benzene rings is 2. The number of hydrogen-bond donors (Lipinski definition) is 4. The highest BCUT2D eigenvalue weighted by atomic mass is 35.5. The molecule has 2 aromatic carbocycles. The van der Waals surface area contributed by atoms with E-state index in [0.717, 1.165) is 0 Å². The lowest BCUT2D eigenvalue weighted by Gasteiger charge is -2.15. The van der Waals surface area contributed by atoms with Gasteiger partial charge in [0.2, 0.25) is 5.91 Å². The Kier molecular flexibility index (Phi) is 6.29. The number of anilines is 2. The van der Waals surface area contributed by atoms with Crippen LogP contribution in [0.5, 0.6) is 0 Å². The largest absolute Gasteiger partial charge is 0.352 e. The summed E-state index contributed by atoms with van der Waals surface area (Å²) >= 11 is 6.01. The molecule has 0 bridgehead atoms. The summed E-state index contributed by atoms with van der Waals surface area (Å²) in [7, 11) is -3.94. The van der Waals surface area contributed by atoms with Crippen LogP contribution in [-0.4, -0.2) is 26.4 Å². The number of amides is 3. The molecule has 0 aliphatic rings. The number of urea groups is 1. The average Bonchev–Trinajstić information content (AvgIpc) is 2.57. The summed E-state index contributed by atoms with van der Waals surface area (Å²) in [5.74, 6) is -0.542. The highest BCUT2D eigenvalue weighted by Gasteiger charge is 2.20. The van der Waals surface area contributed by atoms with E-state index >= 15 is 0 Å². The Balaban J connectivity index is 2.27. The Morgan fingerprint density at radius 1 is 1.15 bits per heavy atom. The van der Waals surface area contributed by atoms with Crippen molar-refractivity contribution in [1.82, 2.24) is 5.32 Å². The summed E-state index contributed by atoms with van der Waals surface area (Å²) in [6, 6.07) is 9.15. The van der Waals surface area contributed by atoms with Crippen molar-refractivity contribution in [3.8, 4) is 0 Å². The first-order chi connectivity index (χ1) is 12.6. The molecule has 0 heterocycles. The van der Waals surface area contributed by atoms with Gasteiger partial charge in [-0.05, 0) is 43.7 Å².